The van der Waals surface area contributed by atoms with Gasteiger partial charge in [0.15, 0.2) is 0 Å². The molecule has 0 bridgehead atoms. The third kappa shape index (κ3) is 2.56. The molecule has 0 aliphatic heterocycles. The molecule has 1 radical (unpaired) electrons. The third-order valence-corrected chi connectivity index (χ3v) is 2.63. The SMILES string of the molecule is [CH2]CCCCc1ccc2ncccc2c1. The Balaban J connectivity index is 2.16. The van der Waals surface area contributed by atoms with Crippen molar-refractivity contribution in [1.82, 2.24) is 4.98 Å². The normalized spacial score (nSPS) is 10.7. The van der Waals surface area contributed by atoms with Crippen LogP contribution in [0.25, 0.3) is 10.9 Å². The maximum atomic E-state index is 4.31. The molecule has 0 atom stereocenters. The highest BCUT2D eigenvalue weighted by atomic mass is 14.6. The highest BCUT2D eigenvalue weighted by Crippen LogP contribution is 2.15. The predicted octanol–water partition coefficient (Wildman–Crippen LogP) is 3.78. The van der Waals surface area contributed by atoms with E-state index < -0.39 is 0 Å². The average molecular weight is 198 g/mol. The number of unbranched alkanes of at least 4 members (excludes halogenated alkanes) is 2. The molecule has 0 N–H and O–H groups in total. The summed E-state index contributed by atoms with van der Waals surface area (Å²) in [6, 6.07) is 10.6. The summed E-state index contributed by atoms with van der Waals surface area (Å²) in [7, 11) is 0. The molecule has 0 unspecified atom stereocenters. The molecule has 2 rings (SSSR count). The number of benzene rings is 1. The van der Waals surface area contributed by atoms with E-state index in [1.54, 1.807) is 0 Å². The summed E-state index contributed by atoms with van der Waals surface area (Å²) in [5, 5.41) is 1.24. The molecule has 1 aromatic heterocycles. The first-order valence-electron chi connectivity index (χ1n) is 5.53. The van der Waals surface area contributed by atoms with Crippen LogP contribution in [0.2, 0.25) is 0 Å². The zero-order valence-corrected chi connectivity index (χ0v) is 8.95. The maximum absolute atomic E-state index is 4.31. The Morgan fingerprint density at radius 1 is 1.13 bits per heavy atom. The van der Waals surface area contributed by atoms with E-state index in [4.69, 9.17) is 0 Å². The Kier molecular flexibility index (Phi) is 3.33. The Labute approximate surface area is 91.2 Å². The zero-order valence-electron chi connectivity index (χ0n) is 8.95. The molecule has 0 saturated carbocycles. The second-order valence-electron chi connectivity index (χ2n) is 3.84. The highest BCUT2D eigenvalue weighted by Gasteiger charge is 1.96. The van der Waals surface area contributed by atoms with Crippen LogP contribution in [0.5, 0.6) is 0 Å². The van der Waals surface area contributed by atoms with E-state index in [9.17, 15) is 0 Å². The molecule has 0 saturated heterocycles. The van der Waals surface area contributed by atoms with Gasteiger partial charge in [0.1, 0.15) is 0 Å². The molecule has 77 valence electrons. The largest absolute Gasteiger partial charge is 0.256 e. The monoisotopic (exact) mass is 198 g/mol. The number of hydrogen-bond acceptors (Lipinski definition) is 1. The van der Waals surface area contributed by atoms with Crippen LogP contribution >= 0.6 is 0 Å². The number of nitrogens with zero attached hydrogens (tertiary/aromatic N) is 1. The lowest BCUT2D eigenvalue weighted by molar-refractivity contribution is 0.746. The molecule has 15 heavy (non-hydrogen) atoms. The second kappa shape index (κ2) is 4.92. The minimum absolute atomic E-state index is 1.04. The number of pyridine rings is 1. The maximum Gasteiger partial charge on any atom is 0.0702 e. The van der Waals surface area contributed by atoms with Crippen LogP contribution < -0.4 is 0 Å². The third-order valence-electron chi connectivity index (χ3n) is 2.63. The number of rotatable bonds is 4. The van der Waals surface area contributed by atoms with E-state index in [1.807, 2.05) is 12.3 Å². The Bertz CT molecular complexity index is 434. The topological polar surface area (TPSA) is 12.9 Å². The summed E-state index contributed by atoms with van der Waals surface area (Å²) < 4.78 is 0. The summed E-state index contributed by atoms with van der Waals surface area (Å²) >= 11 is 0. The minimum Gasteiger partial charge on any atom is -0.256 e. The standard InChI is InChI=1S/C14H16N/c1-2-3-4-6-12-8-9-14-13(11-12)7-5-10-15-14/h5,7-11H,1-4,6H2. The Morgan fingerprint density at radius 2 is 2.07 bits per heavy atom. The van der Waals surface area contributed by atoms with Gasteiger partial charge in [-0.3, -0.25) is 4.98 Å². The highest BCUT2D eigenvalue weighted by molar-refractivity contribution is 5.78. The van der Waals surface area contributed by atoms with Crippen LogP contribution in [0, 0.1) is 6.92 Å². The summed E-state index contributed by atoms with van der Waals surface area (Å²) in [6.07, 6.45) is 6.47. The fourth-order valence-corrected chi connectivity index (χ4v) is 1.79. The van der Waals surface area contributed by atoms with Crippen LogP contribution in [0.15, 0.2) is 36.5 Å². The van der Waals surface area contributed by atoms with Crippen LogP contribution in [-0.2, 0) is 6.42 Å². The van der Waals surface area contributed by atoms with Crippen molar-refractivity contribution in [2.45, 2.75) is 25.7 Å². The van der Waals surface area contributed by atoms with Crippen molar-refractivity contribution in [3.63, 3.8) is 0 Å². The molecule has 0 amide bonds. The number of aromatic nitrogens is 1. The summed E-state index contributed by atoms with van der Waals surface area (Å²) in [5.41, 5.74) is 2.49. The van der Waals surface area contributed by atoms with Gasteiger partial charge in [-0.15, -0.1) is 0 Å². The molecule has 0 aliphatic carbocycles. The van der Waals surface area contributed by atoms with Crippen molar-refractivity contribution in [2.24, 2.45) is 0 Å². The van der Waals surface area contributed by atoms with Crippen molar-refractivity contribution >= 4 is 10.9 Å². The van der Waals surface area contributed by atoms with E-state index >= 15 is 0 Å². The second-order valence-corrected chi connectivity index (χ2v) is 3.84. The van der Waals surface area contributed by atoms with Crippen LogP contribution in [0.3, 0.4) is 0 Å². The van der Waals surface area contributed by atoms with Gasteiger partial charge in [-0.25, -0.2) is 0 Å². The molecule has 0 spiro atoms. The molecule has 1 heterocycles. The molecular weight excluding hydrogens is 182 g/mol. The summed E-state index contributed by atoms with van der Waals surface area (Å²) in [6.45, 7) is 3.86. The van der Waals surface area contributed by atoms with Gasteiger partial charge in [-0.2, -0.15) is 0 Å². The number of hydrogen-bond donors (Lipinski definition) is 0. The van der Waals surface area contributed by atoms with Crippen molar-refractivity contribution in [2.75, 3.05) is 0 Å². The lowest BCUT2D eigenvalue weighted by atomic mass is 10.0. The average Bonchev–Trinajstić information content (AvgIpc) is 2.29. The molecule has 1 heteroatoms. The Morgan fingerprint density at radius 3 is 2.93 bits per heavy atom. The fourth-order valence-electron chi connectivity index (χ4n) is 1.79. The van der Waals surface area contributed by atoms with Crippen molar-refractivity contribution in [1.29, 1.82) is 0 Å². The van der Waals surface area contributed by atoms with E-state index in [0.29, 0.717) is 0 Å². The van der Waals surface area contributed by atoms with Gasteiger partial charge in [0.05, 0.1) is 5.52 Å². The molecule has 1 aromatic carbocycles. The van der Waals surface area contributed by atoms with Gasteiger partial charge in [0, 0.05) is 11.6 Å². The number of fused-ring (bicyclic) bond motifs is 1. The zero-order chi connectivity index (χ0) is 10.5. The van der Waals surface area contributed by atoms with Crippen LogP contribution in [-0.4, -0.2) is 4.98 Å². The van der Waals surface area contributed by atoms with Gasteiger partial charge in [0.25, 0.3) is 0 Å². The van der Waals surface area contributed by atoms with E-state index in [0.717, 1.165) is 18.4 Å². The quantitative estimate of drug-likeness (QED) is 0.681. The lowest BCUT2D eigenvalue weighted by Gasteiger charge is -2.02. The van der Waals surface area contributed by atoms with Gasteiger partial charge in [0.2, 0.25) is 0 Å². The molecule has 1 nitrogen and oxygen atoms in total. The van der Waals surface area contributed by atoms with Gasteiger partial charge in [-0.1, -0.05) is 31.9 Å². The van der Waals surface area contributed by atoms with Gasteiger partial charge in [-0.05, 0) is 36.6 Å². The summed E-state index contributed by atoms with van der Waals surface area (Å²) in [5.74, 6) is 0. The minimum atomic E-state index is 1.04. The number of aryl methyl sites for hydroxylation is 1. The van der Waals surface area contributed by atoms with Crippen molar-refractivity contribution < 1.29 is 0 Å². The smallest absolute Gasteiger partial charge is 0.0702 e. The van der Waals surface area contributed by atoms with Crippen LogP contribution in [0.4, 0.5) is 0 Å². The van der Waals surface area contributed by atoms with Crippen molar-refractivity contribution in [3.8, 4) is 0 Å². The first-order chi connectivity index (χ1) is 7.40. The van der Waals surface area contributed by atoms with E-state index in [1.165, 1.54) is 23.8 Å². The van der Waals surface area contributed by atoms with E-state index in [2.05, 4.69) is 36.2 Å². The fraction of sp³-hybridized carbons (Fsp3) is 0.286. The molecule has 0 fully saturated rings. The van der Waals surface area contributed by atoms with Gasteiger partial charge < -0.3 is 0 Å². The van der Waals surface area contributed by atoms with Crippen LogP contribution in [0.1, 0.15) is 24.8 Å². The summed E-state index contributed by atoms with van der Waals surface area (Å²) in [4.78, 5) is 4.31. The molecule has 0 aliphatic rings. The first kappa shape index (κ1) is 10.2. The first-order valence-corrected chi connectivity index (χ1v) is 5.53. The van der Waals surface area contributed by atoms with Gasteiger partial charge >= 0.3 is 0 Å². The molecular formula is C14H16N. The molecule has 2 aromatic rings. The predicted molar refractivity (Wildman–Crippen MR) is 64.7 cm³/mol. The van der Waals surface area contributed by atoms with E-state index in [-0.39, 0.29) is 0 Å². The van der Waals surface area contributed by atoms with Crippen molar-refractivity contribution in [3.05, 3.63) is 49.0 Å². The lowest BCUT2D eigenvalue weighted by Crippen LogP contribution is -1.86. The Hall–Kier alpha value is -1.37.